The van der Waals surface area contributed by atoms with Crippen molar-refractivity contribution in [3.05, 3.63) is 41.7 Å². The van der Waals surface area contributed by atoms with E-state index in [9.17, 15) is 18.0 Å². The van der Waals surface area contributed by atoms with Crippen LogP contribution in [-0.2, 0) is 19.3 Å². The maximum atomic E-state index is 12.7. The van der Waals surface area contributed by atoms with Crippen LogP contribution in [0.4, 0.5) is 13.2 Å². The molecule has 9 heteroatoms. The molecule has 1 aliphatic heterocycles. The molecule has 0 N–H and O–H groups in total. The number of aromatic nitrogens is 4. The van der Waals surface area contributed by atoms with Gasteiger partial charge in [0.2, 0.25) is 5.82 Å². The summed E-state index contributed by atoms with van der Waals surface area (Å²) in [5.41, 5.74) is 0.390. The molecule has 0 aliphatic carbocycles. The summed E-state index contributed by atoms with van der Waals surface area (Å²) < 4.78 is 39.2. The van der Waals surface area contributed by atoms with Crippen LogP contribution >= 0.6 is 0 Å². The maximum Gasteiger partial charge on any atom is 0.451 e. The van der Waals surface area contributed by atoms with Crippen LogP contribution < -0.4 is 0 Å². The van der Waals surface area contributed by atoms with Gasteiger partial charge in [0.15, 0.2) is 5.82 Å². The molecular formula is C12H10F3N5O. The lowest BCUT2D eigenvalue weighted by atomic mass is 10.2. The van der Waals surface area contributed by atoms with Gasteiger partial charge in [-0.15, -0.1) is 10.2 Å². The highest BCUT2D eigenvalue weighted by molar-refractivity contribution is 5.93. The SMILES string of the molecule is O=C(c1cccnc1)N1CCn2c(nnc2C(F)(F)F)C1. The van der Waals surface area contributed by atoms with Crippen LogP contribution in [0.25, 0.3) is 0 Å². The highest BCUT2D eigenvalue weighted by atomic mass is 19.4. The molecule has 3 heterocycles. The summed E-state index contributed by atoms with van der Waals surface area (Å²) >= 11 is 0. The van der Waals surface area contributed by atoms with E-state index < -0.39 is 12.0 Å². The molecule has 3 rings (SSSR count). The Morgan fingerprint density at radius 2 is 2.05 bits per heavy atom. The van der Waals surface area contributed by atoms with E-state index in [4.69, 9.17) is 0 Å². The van der Waals surface area contributed by atoms with Crippen LogP contribution in [-0.4, -0.2) is 37.1 Å². The average Bonchev–Trinajstić information content (AvgIpc) is 2.90. The van der Waals surface area contributed by atoms with Gasteiger partial charge >= 0.3 is 6.18 Å². The van der Waals surface area contributed by atoms with Gasteiger partial charge < -0.3 is 9.47 Å². The number of halogens is 3. The van der Waals surface area contributed by atoms with Gasteiger partial charge in [-0.1, -0.05) is 0 Å². The third-order valence-electron chi connectivity index (χ3n) is 3.20. The lowest BCUT2D eigenvalue weighted by Gasteiger charge is -2.28. The minimum atomic E-state index is -4.54. The summed E-state index contributed by atoms with van der Waals surface area (Å²) in [7, 11) is 0. The molecule has 0 saturated carbocycles. The van der Waals surface area contributed by atoms with Crippen molar-refractivity contribution >= 4 is 5.91 Å². The topological polar surface area (TPSA) is 63.9 Å². The zero-order chi connectivity index (χ0) is 15.0. The van der Waals surface area contributed by atoms with Gasteiger partial charge in [0.25, 0.3) is 5.91 Å². The third-order valence-corrected chi connectivity index (χ3v) is 3.20. The molecule has 2 aromatic rings. The number of alkyl halides is 3. The van der Waals surface area contributed by atoms with E-state index in [-0.39, 0.29) is 31.4 Å². The number of carbonyl (C=O) groups excluding carboxylic acids is 1. The predicted molar refractivity (Wildman–Crippen MR) is 64.0 cm³/mol. The van der Waals surface area contributed by atoms with Crippen molar-refractivity contribution in [2.45, 2.75) is 19.3 Å². The second-order valence-electron chi connectivity index (χ2n) is 4.56. The minimum absolute atomic E-state index is 0.00317. The van der Waals surface area contributed by atoms with Gasteiger partial charge in [-0.2, -0.15) is 13.2 Å². The first-order chi connectivity index (χ1) is 9.97. The number of carbonyl (C=O) groups is 1. The number of hydrogen-bond donors (Lipinski definition) is 0. The number of nitrogens with zero attached hydrogens (tertiary/aromatic N) is 5. The Labute approximate surface area is 117 Å². The van der Waals surface area contributed by atoms with Gasteiger partial charge in [-0.3, -0.25) is 9.78 Å². The van der Waals surface area contributed by atoms with Crippen molar-refractivity contribution in [1.29, 1.82) is 0 Å². The molecule has 0 unspecified atom stereocenters. The van der Waals surface area contributed by atoms with Crippen molar-refractivity contribution < 1.29 is 18.0 Å². The number of rotatable bonds is 1. The molecule has 0 bridgehead atoms. The summed E-state index contributed by atoms with van der Waals surface area (Å²) in [6.45, 7) is 0.182. The molecule has 2 aromatic heterocycles. The van der Waals surface area contributed by atoms with E-state index in [0.717, 1.165) is 4.57 Å². The molecule has 0 atom stereocenters. The smallest absolute Gasteiger partial charge is 0.329 e. The number of pyridine rings is 1. The van der Waals surface area contributed by atoms with E-state index in [2.05, 4.69) is 15.2 Å². The van der Waals surface area contributed by atoms with Gasteiger partial charge in [-0.05, 0) is 12.1 Å². The Morgan fingerprint density at radius 1 is 1.24 bits per heavy atom. The van der Waals surface area contributed by atoms with Crippen LogP contribution in [0.1, 0.15) is 22.0 Å². The molecule has 0 aromatic carbocycles. The Bertz CT molecular complexity index is 667. The fraction of sp³-hybridized carbons (Fsp3) is 0.333. The first-order valence-corrected chi connectivity index (χ1v) is 6.15. The molecule has 6 nitrogen and oxygen atoms in total. The largest absolute Gasteiger partial charge is 0.451 e. The van der Waals surface area contributed by atoms with E-state index >= 15 is 0 Å². The summed E-state index contributed by atoms with van der Waals surface area (Å²) in [5, 5.41) is 6.71. The highest BCUT2D eigenvalue weighted by Gasteiger charge is 2.39. The second-order valence-corrected chi connectivity index (χ2v) is 4.56. The quantitative estimate of drug-likeness (QED) is 0.797. The first-order valence-electron chi connectivity index (χ1n) is 6.15. The van der Waals surface area contributed by atoms with E-state index in [1.54, 1.807) is 18.3 Å². The Morgan fingerprint density at radius 3 is 2.71 bits per heavy atom. The summed E-state index contributed by atoms with van der Waals surface area (Å²) in [6.07, 6.45) is -1.58. The average molecular weight is 297 g/mol. The van der Waals surface area contributed by atoms with Crippen LogP contribution in [0.15, 0.2) is 24.5 Å². The minimum Gasteiger partial charge on any atom is -0.329 e. The van der Waals surface area contributed by atoms with E-state index in [1.165, 1.54) is 11.1 Å². The lowest BCUT2D eigenvalue weighted by Crippen LogP contribution is -2.39. The Balaban J connectivity index is 1.83. The van der Waals surface area contributed by atoms with Crippen molar-refractivity contribution in [2.24, 2.45) is 0 Å². The third kappa shape index (κ3) is 2.46. The fourth-order valence-corrected chi connectivity index (χ4v) is 2.21. The molecule has 0 spiro atoms. The van der Waals surface area contributed by atoms with E-state index in [1.807, 2.05) is 0 Å². The van der Waals surface area contributed by atoms with Crippen molar-refractivity contribution in [1.82, 2.24) is 24.6 Å². The summed E-state index contributed by atoms with van der Waals surface area (Å²) in [6, 6.07) is 3.23. The highest BCUT2D eigenvalue weighted by Crippen LogP contribution is 2.29. The van der Waals surface area contributed by atoms with Crippen LogP contribution in [0.5, 0.6) is 0 Å². The van der Waals surface area contributed by atoms with Crippen LogP contribution in [0.2, 0.25) is 0 Å². The maximum absolute atomic E-state index is 12.7. The zero-order valence-corrected chi connectivity index (χ0v) is 10.7. The monoisotopic (exact) mass is 297 g/mol. The number of hydrogen-bond acceptors (Lipinski definition) is 4. The zero-order valence-electron chi connectivity index (χ0n) is 10.7. The molecule has 1 amide bonds. The normalized spacial score (nSPS) is 14.9. The Kier molecular flexibility index (Phi) is 3.11. The summed E-state index contributed by atoms with van der Waals surface area (Å²) in [5.74, 6) is -1.18. The Hall–Kier alpha value is -2.45. The van der Waals surface area contributed by atoms with Gasteiger partial charge in [-0.25, -0.2) is 0 Å². The second kappa shape index (κ2) is 4.83. The molecular weight excluding hydrogens is 287 g/mol. The van der Waals surface area contributed by atoms with Crippen molar-refractivity contribution in [2.75, 3.05) is 6.54 Å². The van der Waals surface area contributed by atoms with Crippen molar-refractivity contribution in [3.8, 4) is 0 Å². The van der Waals surface area contributed by atoms with Gasteiger partial charge in [0, 0.05) is 25.5 Å². The molecule has 21 heavy (non-hydrogen) atoms. The summed E-state index contributed by atoms with van der Waals surface area (Å²) in [4.78, 5) is 17.5. The van der Waals surface area contributed by atoms with Gasteiger partial charge in [0.1, 0.15) is 0 Å². The van der Waals surface area contributed by atoms with Crippen molar-refractivity contribution in [3.63, 3.8) is 0 Å². The van der Waals surface area contributed by atoms with Gasteiger partial charge in [0.05, 0.1) is 12.1 Å². The first kappa shape index (κ1) is 13.5. The van der Waals surface area contributed by atoms with E-state index in [0.29, 0.717) is 5.56 Å². The van der Waals surface area contributed by atoms with Crippen LogP contribution in [0, 0.1) is 0 Å². The molecule has 0 radical (unpaired) electrons. The fourth-order valence-electron chi connectivity index (χ4n) is 2.21. The molecule has 0 fully saturated rings. The predicted octanol–water partition coefficient (Wildman–Crippen LogP) is 1.35. The number of amides is 1. The lowest BCUT2D eigenvalue weighted by molar-refractivity contribution is -0.147. The standard InChI is InChI=1S/C12H10F3N5O/c13-12(14,15)11-18-17-9-7-19(4-5-20(9)11)10(21)8-2-1-3-16-6-8/h1-3,6H,4-5,7H2. The number of fused-ring (bicyclic) bond motifs is 1. The molecule has 0 saturated heterocycles. The molecule has 1 aliphatic rings. The van der Waals surface area contributed by atoms with Crippen LogP contribution in [0.3, 0.4) is 0 Å². The molecule has 110 valence electrons.